The first-order valence-corrected chi connectivity index (χ1v) is 8.12. The highest BCUT2D eigenvalue weighted by molar-refractivity contribution is 5.97. The van der Waals surface area contributed by atoms with Crippen LogP contribution in [0.5, 0.6) is 0 Å². The largest absolute Gasteiger partial charge is 0.393 e. The number of hydrogen-bond donors (Lipinski definition) is 1. The first kappa shape index (κ1) is 16.2. The zero-order valence-corrected chi connectivity index (χ0v) is 13.2. The number of hydrogen-bond acceptors (Lipinski definition) is 3. The number of likely N-dealkylation sites (tertiary alicyclic amines) is 1. The third-order valence-corrected chi connectivity index (χ3v) is 4.50. The minimum Gasteiger partial charge on any atom is -0.393 e. The standard InChI is InChI=1S/C18H27NO2/c1-3-4-15-5-7-17(8-6-15)18(21)13-19-11-9-16(10-12-19)14(2)20/h5-8,14,16,20H,3-4,9-13H2,1-2H3. The summed E-state index contributed by atoms with van der Waals surface area (Å²) in [6.07, 6.45) is 3.95. The second-order valence-corrected chi connectivity index (χ2v) is 6.22. The molecule has 0 amide bonds. The van der Waals surface area contributed by atoms with Gasteiger partial charge in [0.2, 0.25) is 0 Å². The lowest BCUT2D eigenvalue weighted by atomic mass is 9.92. The Kier molecular flexibility index (Phi) is 5.95. The molecular formula is C18H27NO2. The number of aliphatic hydroxyl groups is 1. The summed E-state index contributed by atoms with van der Waals surface area (Å²) in [6, 6.07) is 8.04. The van der Waals surface area contributed by atoms with Crippen molar-refractivity contribution in [1.82, 2.24) is 4.90 Å². The first-order valence-electron chi connectivity index (χ1n) is 8.12. The maximum absolute atomic E-state index is 12.3. The molecule has 1 unspecified atom stereocenters. The molecule has 0 radical (unpaired) electrons. The summed E-state index contributed by atoms with van der Waals surface area (Å²) < 4.78 is 0. The third kappa shape index (κ3) is 4.65. The molecule has 2 rings (SSSR count). The molecule has 1 aliphatic heterocycles. The van der Waals surface area contributed by atoms with Crippen LogP contribution in [0.15, 0.2) is 24.3 Å². The lowest BCUT2D eigenvalue weighted by Crippen LogP contribution is -2.39. The molecule has 0 bridgehead atoms. The molecule has 0 spiro atoms. The van der Waals surface area contributed by atoms with Crippen LogP contribution in [0, 0.1) is 5.92 Å². The van der Waals surface area contributed by atoms with Gasteiger partial charge in [-0.2, -0.15) is 0 Å². The van der Waals surface area contributed by atoms with Gasteiger partial charge in [0.15, 0.2) is 5.78 Å². The lowest BCUT2D eigenvalue weighted by Gasteiger charge is -2.32. The predicted molar refractivity (Wildman–Crippen MR) is 85.6 cm³/mol. The SMILES string of the molecule is CCCc1ccc(C(=O)CN2CCC(C(C)O)CC2)cc1. The summed E-state index contributed by atoms with van der Waals surface area (Å²) in [5.74, 6) is 0.596. The Morgan fingerprint density at radius 2 is 1.90 bits per heavy atom. The Balaban J connectivity index is 1.84. The van der Waals surface area contributed by atoms with Gasteiger partial charge < -0.3 is 5.11 Å². The van der Waals surface area contributed by atoms with Crippen molar-refractivity contribution < 1.29 is 9.90 Å². The highest BCUT2D eigenvalue weighted by Gasteiger charge is 2.23. The van der Waals surface area contributed by atoms with E-state index in [9.17, 15) is 9.90 Å². The van der Waals surface area contributed by atoms with Crippen molar-refractivity contribution in [2.75, 3.05) is 19.6 Å². The van der Waals surface area contributed by atoms with Crippen LogP contribution < -0.4 is 0 Å². The van der Waals surface area contributed by atoms with Gasteiger partial charge in [-0.1, -0.05) is 37.6 Å². The normalized spacial score (nSPS) is 18.6. The minimum absolute atomic E-state index is 0.202. The number of aliphatic hydroxyl groups excluding tert-OH is 1. The Labute approximate surface area is 128 Å². The number of Topliss-reactive ketones (excluding diaryl/α,β-unsaturated/α-hetero) is 1. The third-order valence-electron chi connectivity index (χ3n) is 4.50. The van der Waals surface area contributed by atoms with Crippen LogP contribution in [0.3, 0.4) is 0 Å². The van der Waals surface area contributed by atoms with Gasteiger partial charge in [0, 0.05) is 5.56 Å². The average molecular weight is 289 g/mol. The quantitative estimate of drug-likeness (QED) is 0.819. The predicted octanol–water partition coefficient (Wildman–Crippen LogP) is 2.91. The second kappa shape index (κ2) is 7.71. The summed E-state index contributed by atoms with van der Waals surface area (Å²) in [7, 11) is 0. The van der Waals surface area contributed by atoms with E-state index < -0.39 is 0 Å². The fourth-order valence-corrected chi connectivity index (χ4v) is 3.03. The van der Waals surface area contributed by atoms with Crippen LogP contribution in [0.25, 0.3) is 0 Å². The van der Waals surface area contributed by atoms with E-state index in [1.807, 2.05) is 19.1 Å². The van der Waals surface area contributed by atoms with E-state index in [4.69, 9.17) is 0 Å². The van der Waals surface area contributed by atoms with Crippen LogP contribution in [-0.2, 0) is 6.42 Å². The summed E-state index contributed by atoms with van der Waals surface area (Å²) in [5.41, 5.74) is 2.11. The Bertz CT molecular complexity index is 445. The second-order valence-electron chi connectivity index (χ2n) is 6.22. The fraction of sp³-hybridized carbons (Fsp3) is 0.611. The van der Waals surface area contributed by atoms with Crippen molar-refractivity contribution in [3.05, 3.63) is 35.4 Å². The van der Waals surface area contributed by atoms with Gasteiger partial charge >= 0.3 is 0 Å². The molecule has 1 heterocycles. The van der Waals surface area contributed by atoms with E-state index in [1.54, 1.807) is 0 Å². The summed E-state index contributed by atoms with van der Waals surface area (Å²) in [5, 5.41) is 9.61. The van der Waals surface area contributed by atoms with Crippen LogP contribution in [0.2, 0.25) is 0 Å². The molecule has 3 nitrogen and oxygen atoms in total. The van der Waals surface area contributed by atoms with Gasteiger partial charge in [0.05, 0.1) is 12.6 Å². The smallest absolute Gasteiger partial charge is 0.176 e. The van der Waals surface area contributed by atoms with Crippen molar-refractivity contribution in [3.63, 3.8) is 0 Å². The molecule has 0 aromatic heterocycles. The molecule has 0 aliphatic carbocycles. The van der Waals surface area contributed by atoms with Gasteiger partial charge in [-0.25, -0.2) is 0 Å². The van der Waals surface area contributed by atoms with Crippen LogP contribution >= 0.6 is 0 Å². The Hall–Kier alpha value is -1.19. The van der Waals surface area contributed by atoms with E-state index in [1.165, 1.54) is 5.56 Å². The molecule has 1 fully saturated rings. The van der Waals surface area contributed by atoms with Crippen LogP contribution in [0.1, 0.15) is 49.0 Å². The lowest BCUT2D eigenvalue weighted by molar-refractivity contribution is 0.0664. The van der Waals surface area contributed by atoms with Crippen molar-refractivity contribution >= 4 is 5.78 Å². The van der Waals surface area contributed by atoms with Gasteiger partial charge in [0.1, 0.15) is 0 Å². The first-order chi connectivity index (χ1) is 10.1. The molecule has 1 N–H and O–H groups in total. The number of carbonyl (C=O) groups is 1. The molecule has 0 saturated carbocycles. The molecule has 21 heavy (non-hydrogen) atoms. The number of aryl methyl sites for hydroxylation is 1. The molecule has 1 saturated heterocycles. The highest BCUT2D eigenvalue weighted by atomic mass is 16.3. The molecule has 1 aliphatic rings. The van der Waals surface area contributed by atoms with Crippen LogP contribution in [-0.4, -0.2) is 41.5 Å². The van der Waals surface area contributed by atoms with E-state index >= 15 is 0 Å². The number of piperidine rings is 1. The van der Waals surface area contributed by atoms with Gasteiger partial charge in [-0.3, -0.25) is 9.69 Å². The topological polar surface area (TPSA) is 40.5 Å². The maximum atomic E-state index is 12.3. The summed E-state index contributed by atoms with van der Waals surface area (Å²) in [6.45, 7) is 6.35. The van der Waals surface area contributed by atoms with Crippen molar-refractivity contribution in [2.24, 2.45) is 5.92 Å². The maximum Gasteiger partial charge on any atom is 0.176 e. The van der Waals surface area contributed by atoms with E-state index in [0.717, 1.165) is 44.3 Å². The van der Waals surface area contributed by atoms with Gasteiger partial charge in [-0.15, -0.1) is 0 Å². The number of ketones is 1. The fourth-order valence-electron chi connectivity index (χ4n) is 3.03. The van der Waals surface area contributed by atoms with Gasteiger partial charge in [-0.05, 0) is 50.8 Å². The van der Waals surface area contributed by atoms with Gasteiger partial charge in [0.25, 0.3) is 0 Å². The molecule has 3 heteroatoms. The summed E-state index contributed by atoms with van der Waals surface area (Å²) >= 11 is 0. The number of carbonyl (C=O) groups excluding carboxylic acids is 1. The molecular weight excluding hydrogens is 262 g/mol. The van der Waals surface area contributed by atoms with Crippen LogP contribution in [0.4, 0.5) is 0 Å². The number of benzene rings is 1. The Morgan fingerprint density at radius 1 is 1.29 bits per heavy atom. The zero-order chi connectivity index (χ0) is 15.2. The zero-order valence-electron chi connectivity index (χ0n) is 13.2. The molecule has 116 valence electrons. The minimum atomic E-state index is -0.228. The number of nitrogens with zero attached hydrogens (tertiary/aromatic N) is 1. The van der Waals surface area contributed by atoms with Crippen molar-refractivity contribution in [1.29, 1.82) is 0 Å². The average Bonchev–Trinajstić information content (AvgIpc) is 2.49. The van der Waals surface area contributed by atoms with Crippen molar-refractivity contribution in [3.8, 4) is 0 Å². The molecule has 1 aromatic carbocycles. The Morgan fingerprint density at radius 3 is 2.43 bits per heavy atom. The summed E-state index contributed by atoms with van der Waals surface area (Å²) in [4.78, 5) is 14.5. The highest BCUT2D eigenvalue weighted by Crippen LogP contribution is 2.20. The van der Waals surface area contributed by atoms with Crippen molar-refractivity contribution in [2.45, 2.75) is 45.6 Å². The molecule has 1 atom stereocenters. The molecule has 1 aromatic rings. The van der Waals surface area contributed by atoms with E-state index in [0.29, 0.717) is 12.5 Å². The number of rotatable bonds is 6. The van der Waals surface area contributed by atoms with E-state index in [2.05, 4.69) is 24.0 Å². The van der Waals surface area contributed by atoms with E-state index in [-0.39, 0.29) is 11.9 Å². The monoisotopic (exact) mass is 289 g/mol.